The maximum Gasteiger partial charge on any atom is 0.328 e. The van der Waals surface area contributed by atoms with E-state index in [0.717, 1.165) is 0 Å². The number of nitro benzene ring substituents is 1. The van der Waals surface area contributed by atoms with Crippen LogP contribution in [0.5, 0.6) is 5.75 Å². The molecule has 0 aliphatic carbocycles. The maximum absolute atomic E-state index is 11.5. The van der Waals surface area contributed by atoms with Gasteiger partial charge in [-0.3, -0.25) is 10.1 Å². The summed E-state index contributed by atoms with van der Waals surface area (Å²) in [5.41, 5.74) is 5.55. The van der Waals surface area contributed by atoms with Gasteiger partial charge in [-0.05, 0) is 18.1 Å². The molecule has 0 fully saturated rings. The molecule has 0 bridgehead atoms. The third kappa shape index (κ3) is 3.53. The molecule has 0 unspecified atom stereocenters. The number of ether oxygens (including phenoxy) is 1. The number of esters is 1. The minimum atomic E-state index is -0.704. The molecule has 1 atom stereocenters. The third-order valence-electron chi connectivity index (χ3n) is 2.26. The zero-order valence-corrected chi connectivity index (χ0v) is 9.62. The van der Waals surface area contributed by atoms with E-state index in [2.05, 4.69) is 0 Å². The van der Waals surface area contributed by atoms with Gasteiger partial charge in [-0.1, -0.05) is 13.8 Å². The summed E-state index contributed by atoms with van der Waals surface area (Å²) in [6.45, 7) is 3.61. The third-order valence-corrected chi connectivity index (χ3v) is 2.26. The van der Waals surface area contributed by atoms with Gasteiger partial charge < -0.3 is 10.5 Å². The van der Waals surface area contributed by atoms with Crippen LogP contribution in [-0.4, -0.2) is 16.9 Å². The van der Waals surface area contributed by atoms with Crippen LogP contribution in [0.4, 0.5) is 5.69 Å². The van der Waals surface area contributed by atoms with E-state index in [1.807, 2.05) is 13.8 Å². The van der Waals surface area contributed by atoms with Crippen LogP contribution in [0.15, 0.2) is 24.3 Å². The number of benzene rings is 1. The Labute approximate surface area is 98.5 Å². The van der Waals surface area contributed by atoms with E-state index in [-0.39, 0.29) is 17.4 Å². The average molecular weight is 238 g/mol. The summed E-state index contributed by atoms with van der Waals surface area (Å²) in [6, 6.07) is 4.56. The molecule has 17 heavy (non-hydrogen) atoms. The van der Waals surface area contributed by atoms with E-state index < -0.39 is 16.9 Å². The Balaban J connectivity index is 2.70. The maximum atomic E-state index is 11.5. The molecule has 1 aromatic carbocycles. The number of carbonyl (C=O) groups is 1. The van der Waals surface area contributed by atoms with Crippen LogP contribution in [-0.2, 0) is 4.79 Å². The number of hydrogen-bond donors (Lipinski definition) is 1. The molecule has 0 amide bonds. The average Bonchev–Trinajstić information content (AvgIpc) is 2.28. The molecule has 0 aliphatic heterocycles. The molecule has 0 saturated carbocycles. The van der Waals surface area contributed by atoms with Crippen LogP contribution < -0.4 is 10.5 Å². The summed E-state index contributed by atoms with van der Waals surface area (Å²) >= 11 is 0. The van der Waals surface area contributed by atoms with Crippen LogP contribution in [0, 0.1) is 16.0 Å². The van der Waals surface area contributed by atoms with Crippen LogP contribution in [0.1, 0.15) is 13.8 Å². The van der Waals surface area contributed by atoms with Gasteiger partial charge in [0.1, 0.15) is 11.8 Å². The number of nitrogens with two attached hydrogens (primary N) is 1. The SMILES string of the molecule is CC(C)[C@H](N)C(=O)Oc1ccc([N+](=O)[O-])cc1. The van der Waals surface area contributed by atoms with E-state index in [9.17, 15) is 14.9 Å². The largest absolute Gasteiger partial charge is 0.425 e. The number of nitrogens with zero attached hydrogens (tertiary/aromatic N) is 1. The molecule has 0 radical (unpaired) electrons. The van der Waals surface area contributed by atoms with Crippen molar-refractivity contribution in [2.24, 2.45) is 11.7 Å². The van der Waals surface area contributed by atoms with Crippen molar-refractivity contribution in [1.82, 2.24) is 0 Å². The molecule has 0 aromatic heterocycles. The highest BCUT2D eigenvalue weighted by Crippen LogP contribution is 2.18. The van der Waals surface area contributed by atoms with E-state index >= 15 is 0 Å². The normalized spacial score (nSPS) is 12.2. The number of rotatable bonds is 4. The first kappa shape index (κ1) is 13.1. The van der Waals surface area contributed by atoms with Crippen LogP contribution >= 0.6 is 0 Å². The van der Waals surface area contributed by atoms with Crippen molar-refractivity contribution in [3.05, 3.63) is 34.4 Å². The molecular weight excluding hydrogens is 224 g/mol. The molecule has 0 spiro atoms. The second-order valence-corrected chi connectivity index (χ2v) is 3.94. The monoisotopic (exact) mass is 238 g/mol. The highest BCUT2D eigenvalue weighted by atomic mass is 16.6. The Bertz CT molecular complexity index is 414. The van der Waals surface area contributed by atoms with E-state index in [1.165, 1.54) is 24.3 Å². The van der Waals surface area contributed by atoms with Crippen molar-refractivity contribution in [2.75, 3.05) is 0 Å². The van der Waals surface area contributed by atoms with E-state index in [0.29, 0.717) is 0 Å². The van der Waals surface area contributed by atoms with Gasteiger partial charge in [0.05, 0.1) is 4.92 Å². The predicted molar refractivity (Wildman–Crippen MR) is 61.5 cm³/mol. The molecule has 2 N–H and O–H groups in total. The molecule has 92 valence electrons. The van der Waals surface area contributed by atoms with Crippen molar-refractivity contribution < 1.29 is 14.5 Å². The van der Waals surface area contributed by atoms with Gasteiger partial charge in [0.15, 0.2) is 0 Å². The highest BCUT2D eigenvalue weighted by Gasteiger charge is 2.19. The van der Waals surface area contributed by atoms with Crippen molar-refractivity contribution in [3.63, 3.8) is 0 Å². The Morgan fingerprint density at radius 2 is 1.88 bits per heavy atom. The Morgan fingerprint density at radius 1 is 1.35 bits per heavy atom. The molecule has 6 heteroatoms. The molecule has 0 heterocycles. The Kier molecular flexibility index (Phi) is 4.17. The quantitative estimate of drug-likeness (QED) is 0.371. The Morgan fingerprint density at radius 3 is 2.29 bits per heavy atom. The second-order valence-electron chi connectivity index (χ2n) is 3.94. The molecular formula is C11H14N2O4. The minimum absolute atomic E-state index is 0.0273. The molecule has 1 aromatic rings. The molecule has 0 saturated heterocycles. The molecule has 0 aliphatic rings. The standard InChI is InChI=1S/C11H14N2O4/c1-7(2)10(12)11(14)17-9-5-3-8(4-6-9)13(15)16/h3-7,10H,12H2,1-2H3/t10-/m0/s1. The summed E-state index contributed by atoms with van der Waals surface area (Å²) in [7, 11) is 0. The summed E-state index contributed by atoms with van der Waals surface area (Å²) < 4.78 is 4.99. The Hall–Kier alpha value is -1.95. The zero-order chi connectivity index (χ0) is 13.0. The number of nitro groups is 1. The van der Waals surface area contributed by atoms with Gasteiger partial charge in [0.25, 0.3) is 5.69 Å². The highest BCUT2D eigenvalue weighted by molar-refractivity contribution is 5.78. The summed E-state index contributed by atoms with van der Waals surface area (Å²) in [5, 5.41) is 10.4. The van der Waals surface area contributed by atoms with Gasteiger partial charge in [0, 0.05) is 12.1 Å². The lowest BCUT2D eigenvalue weighted by Gasteiger charge is -2.13. The lowest BCUT2D eigenvalue weighted by Crippen LogP contribution is -2.38. The van der Waals surface area contributed by atoms with Gasteiger partial charge in [0.2, 0.25) is 0 Å². The minimum Gasteiger partial charge on any atom is -0.425 e. The lowest BCUT2D eigenvalue weighted by atomic mass is 10.1. The summed E-state index contributed by atoms with van der Waals surface area (Å²) in [6.07, 6.45) is 0. The number of hydrogen-bond acceptors (Lipinski definition) is 5. The van der Waals surface area contributed by atoms with Crippen LogP contribution in [0.25, 0.3) is 0 Å². The van der Waals surface area contributed by atoms with Crippen molar-refractivity contribution >= 4 is 11.7 Å². The van der Waals surface area contributed by atoms with Gasteiger partial charge in [-0.25, -0.2) is 4.79 Å². The smallest absolute Gasteiger partial charge is 0.328 e. The van der Waals surface area contributed by atoms with Crippen LogP contribution in [0.3, 0.4) is 0 Å². The molecule has 1 rings (SSSR count). The summed E-state index contributed by atoms with van der Waals surface area (Å²) in [5.74, 6) is -0.328. The number of carbonyl (C=O) groups excluding carboxylic acids is 1. The first-order valence-electron chi connectivity index (χ1n) is 5.13. The predicted octanol–water partition coefficient (Wildman–Crippen LogP) is 1.48. The van der Waals surface area contributed by atoms with Gasteiger partial charge in [-0.15, -0.1) is 0 Å². The summed E-state index contributed by atoms with van der Waals surface area (Å²) in [4.78, 5) is 21.4. The zero-order valence-electron chi connectivity index (χ0n) is 9.62. The fourth-order valence-electron chi connectivity index (χ4n) is 1.09. The van der Waals surface area contributed by atoms with E-state index in [4.69, 9.17) is 10.5 Å². The van der Waals surface area contributed by atoms with Crippen molar-refractivity contribution in [1.29, 1.82) is 0 Å². The van der Waals surface area contributed by atoms with Gasteiger partial charge in [-0.2, -0.15) is 0 Å². The fourth-order valence-corrected chi connectivity index (χ4v) is 1.09. The number of non-ortho nitro benzene ring substituents is 1. The van der Waals surface area contributed by atoms with Crippen molar-refractivity contribution in [2.45, 2.75) is 19.9 Å². The van der Waals surface area contributed by atoms with Crippen LogP contribution in [0.2, 0.25) is 0 Å². The molecule has 6 nitrogen and oxygen atoms in total. The first-order valence-corrected chi connectivity index (χ1v) is 5.13. The topological polar surface area (TPSA) is 95.5 Å². The van der Waals surface area contributed by atoms with E-state index in [1.54, 1.807) is 0 Å². The first-order chi connectivity index (χ1) is 7.91. The van der Waals surface area contributed by atoms with Crippen molar-refractivity contribution in [3.8, 4) is 5.75 Å². The lowest BCUT2D eigenvalue weighted by molar-refractivity contribution is -0.384. The second kappa shape index (κ2) is 5.40. The van der Waals surface area contributed by atoms with Gasteiger partial charge >= 0.3 is 5.97 Å². The fraction of sp³-hybridized carbons (Fsp3) is 0.364.